The molecule has 102 valence electrons. The van der Waals surface area contributed by atoms with Crippen LogP contribution in [0.4, 0.5) is 11.4 Å². The lowest BCUT2D eigenvalue weighted by molar-refractivity contribution is -0.119. The average Bonchev–Trinajstić information content (AvgIpc) is 2.94. The maximum atomic E-state index is 12.5. The van der Waals surface area contributed by atoms with Crippen molar-refractivity contribution in [3.63, 3.8) is 0 Å². The molecule has 7 heteroatoms. The van der Waals surface area contributed by atoms with Gasteiger partial charge in [-0.25, -0.2) is 0 Å². The highest BCUT2D eigenvalue weighted by Gasteiger charge is 2.29. The molecule has 2 heterocycles. The Balaban J connectivity index is 2.05. The lowest BCUT2D eigenvalue weighted by Crippen LogP contribution is -2.36. The number of benzene rings is 1. The second kappa shape index (κ2) is 5.01. The minimum atomic E-state index is -0.294. The van der Waals surface area contributed by atoms with Gasteiger partial charge >= 0.3 is 0 Å². The number of nitrogens with zero attached hydrogens (tertiary/aromatic N) is 3. The summed E-state index contributed by atoms with van der Waals surface area (Å²) in [7, 11) is 0. The Morgan fingerprint density at radius 2 is 2.25 bits per heavy atom. The van der Waals surface area contributed by atoms with Crippen LogP contribution in [0, 0.1) is 5.92 Å². The van der Waals surface area contributed by atoms with Crippen LogP contribution in [-0.2, 0) is 4.79 Å². The Morgan fingerprint density at radius 1 is 1.45 bits per heavy atom. The number of rotatable bonds is 1. The molecule has 0 fully saturated rings. The molecule has 1 aromatic carbocycles. The molecule has 20 heavy (non-hydrogen) atoms. The van der Waals surface area contributed by atoms with Crippen LogP contribution < -0.4 is 10.2 Å². The number of aromatic nitrogens is 2. The first kappa shape index (κ1) is 12.7. The van der Waals surface area contributed by atoms with Crippen molar-refractivity contribution < 1.29 is 9.59 Å². The number of carbonyl (C=O) groups is 2. The second-order valence-corrected chi connectivity index (χ2v) is 5.17. The van der Waals surface area contributed by atoms with Gasteiger partial charge in [0, 0.05) is 6.54 Å². The summed E-state index contributed by atoms with van der Waals surface area (Å²) in [6.07, 6.45) is 1.44. The summed E-state index contributed by atoms with van der Waals surface area (Å²) in [6.45, 7) is 2.11. The highest BCUT2D eigenvalue weighted by molar-refractivity contribution is 6.99. The van der Waals surface area contributed by atoms with Gasteiger partial charge < -0.3 is 10.2 Å². The molecule has 2 aromatic rings. The molecule has 1 N–H and O–H groups in total. The molecule has 0 radical (unpaired) electrons. The van der Waals surface area contributed by atoms with Gasteiger partial charge in [-0.1, -0.05) is 19.1 Å². The Labute approximate surface area is 119 Å². The van der Waals surface area contributed by atoms with E-state index in [4.69, 9.17) is 0 Å². The summed E-state index contributed by atoms with van der Waals surface area (Å²) >= 11 is 0.990. The van der Waals surface area contributed by atoms with Crippen molar-refractivity contribution in [2.75, 3.05) is 16.8 Å². The Hall–Kier alpha value is -2.28. The quantitative estimate of drug-likeness (QED) is 0.867. The van der Waals surface area contributed by atoms with Crippen LogP contribution in [0.3, 0.4) is 0 Å². The van der Waals surface area contributed by atoms with Gasteiger partial charge in [0.05, 0.1) is 35.2 Å². The molecule has 0 saturated heterocycles. The second-order valence-electron chi connectivity index (χ2n) is 4.62. The van der Waals surface area contributed by atoms with Crippen LogP contribution in [0.2, 0.25) is 0 Å². The van der Waals surface area contributed by atoms with Crippen molar-refractivity contribution in [2.45, 2.75) is 6.92 Å². The van der Waals surface area contributed by atoms with E-state index in [1.807, 2.05) is 18.2 Å². The van der Waals surface area contributed by atoms with Crippen LogP contribution in [0.25, 0.3) is 0 Å². The Bertz CT molecular complexity index is 656. The van der Waals surface area contributed by atoms with E-state index in [0.29, 0.717) is 23.6 Å². The molecule has 0 aliphatic carbocycles. The Morgan fingerprint density at radius 3 is 3.00 bits per heavy atom. The lowest BCUT2D eigenvalue weighted by Gasteiger charge is -2.22. The third-order valence-corrected chi connectivity index (χ3v) is 3.66. The summed E-state index contributed by atoms with van der Waals surface area (Å²) < 4.78 is 7.82. The maximum Gasteiger partial charge on any atom is 0.279 e. The summed E-state index contributed by atoms with van der Waals surface area (Å²) in [5.74, 6) is -0.628. The molecular formula is C13H12N4O2S. The van der Waals surface area contributed by atoms with Gasteiger partial charge in [0.15, 0.2) is 5.69 Å². The normalized spacial score (nSPS) is 18.1. The number of hydrogen-bond donors (Lipinski definition) is 1. The van der Waals surface area contributed by atoms with Crippen molar-refractivity contribution in [3.8, 4) is 0 Å². The predicted octanol–water partition coefficient (Wildman–Crippen LogP) is 1.77. The molecule has 1 aromatic heterocycles. The van der Waals surface area contributed by atoms with Crippen molar-refractivity contribution in [1.29, 1.82) is 0 Å². The molecule has 6 nitrogen and oxygen atoms in total. The monoisotopic (exact) mass is 288 g/mol. The maximum absolute atomic E-state index is 12.5. The zero-order valence-corrected chi connectivity index (χ0v) is 11.6. The zero-order chi connectivity index (χ0) is 14.1. The number of nitrogens with one attached hydrogen (secondary N) is 1. The molecule has 2 amide bonds. The highest BCUT2D eigenvalue weighted by Crippen LogP contribution is 2.30. The van der Waals surface area contributed by atoms with E-state index in [9.17, 15) is 9.59 Å². The summed E-state index contributed by atoms with van der Waals surface area (Å²) in [4.78, 5) is 26.1. The van der Waals surface area contributed by atoms with Gasteiger partial charge in [-0.3, -0.25) is 9.59 Å². The Kier molecular flexibility index (Phi) is 3.19. The number of anilines is 2. The summed E-state index contributed by atoms with van der Waals surface area (Å²) in [5, 5.41) is 2.84. The first-order valence-corrected chi connectivity index (χ1v) is 6.89. The fourth-order valence-electron chi connectivity index (χ4n) is 2.12. The van der Waals surface area contributed by atoms with Crippen molar-refractivity contribution in [3.05, 3.63) is 36.2 Å². The number of amides is 2. The first-order valence-electron chi connectivity index (χ1n) is 6.16. The van der Waals surface area contributed by atoms with Gasteiger partial charge in [-0.15, -0.1) is 0 Å². The van der Waals surface area contributed by atoms with E-state index in [0.717, 1.165) is 11.7 Å². The van der Waals surface area contributed by atoms with Crippen LogP contribution >= 0.6 is 11.7 Å². The number of fused-ring (bicyclic) bond motifs is 1. The van der Waals surface area contributed by atoms with E-state index in [1.165, 1.54) is 6.20 Å². The highest BCUT2D eigenvalue weighted by atomic mass is 32.1. The number of carbonyl (C=O) groups excluding carboxylic acids is 2. The van der Waals surface area contributed by atoms with Gasteiger partial charge in [0.25, 0.3) is 5.91 Å². The fraction of sp³-hybridized carbons (Fsp3) is 0.231. The molecular weight excluding hydrogens is 276 g/mol. The number of hydrogen-bond acceptors (Lipinski definition) is 5. The third kappa shape index (κ3) is 2.16. The van der Waals surface area contributed by atoms with E-state index >= 15 is 0 Å². The van der Waals surface area contributed by atoms with Gasteiger partial charge in [0.2, 0.25) is 5.91 Å². The van der Waals surface area contributed by atoms with Gasteiger partial charge in [-0.05, 0) is 12.1 Å². The average molecular weight is 288 g/mol. The van der Waals surface area contributed by atoms with Crippen LogP contribution in [-0.4, -0.2) is 27.1 Å². The molecule has 1 aliphatic rings. The minimum Gasteiger partial charge on any atom is -0.324 e. The molecule has 0 saturated carbocycles. The van der Waals surface area contributed by atoms with Crippen LogP contribution in [0.15, 0.2) is 30.5 Å². The van der Waals surface area contributed by atoms with E-state index < -0.39 is 0 Å². The largest absolute Gasteiger partial charge is 0.324 e. The fourth-order valence-corrected chi connectivity index (χ4v) is 2.52. The van der Waals surface area contributed by atoms with E-state index in [-0.39, 0.29) is 17.7 Å². The molecule has 0 bridgehead atoms. The summed E-state index contributed by atoms with van der Waals surface area (Å²) in [5.41, 5.74) is 1.62. The van der Waals surface area contributed by atoms with Crippen LogP contribution in [0.5, 0.6) is 0 Å². The van der Waals surface area contributed by atoms with Crippen molar-refractivity contribution in [2.24, 2.45) is 5.92 Å². The van der Waals surface area contributed by atoms with E-state index in [1.54, 1.807) is 17.9 Å². The smallest absolute Gasteiger partial charge is 0.279 e. The topological polar surface area (TPSA) is 75.2 Å². The molecule has 1 unspecified atom stereocenters. The van der Waals surface area contributed by atoms with E-state index in [2.05, 4.69) is 14.1 Å². The zero-order valence-electron chi connectivity index (χ0n) is 10.7. The van der Waals surface area contributed by atoms with Crippen molar-refractivity contribution >= 4 is 34.9 Å². The molecule has 1 atom stereocenters. The first-order chi connectivity index (χ1) is 9.66. The molecule has 0 spiro atoms. The summed E-state index contributed by atoms with van der Waals surface area (Å²) in [6, 6.07) is 7.25. The van der Waals surface area contributed by atoms with Crippen LogP contribution in [0.1, 0.15) is 17.4 Å². The minimum absolute atomic E-state index is 0.0934. The number of para-hydroxylation sites is 2. The lowest BCUT2D eigenvalue weighted by atomic mass is 10.1. The van der Waals surface area contributed by atoms with Gasteiger partial charge in [-0.2, -0.15) is 8.75 Å². The standard InChI is InChI=1S/C13H12N4O2S/c1-8-7-17(13(19)10-6-14-20-16-10)11-5-3-2-4-9(11)15-12(8)18/h2-6,8H,7H2,1H3,(H,15,18). The molecule has 1 aliphatic heterocycles. The van der Waals surface area contributed by atoms with Gasteiger partial charge in [0.1, 0.15) is 0 Å². The van der Waals surface area contributed by atoms with Crippen molar-refractivity contribution in [1.82, 2.24) is 8.75 Å². The third-order valence-electron chi connectivity index (χ3n) is 3.18. The predicted molar refractivity (Wildman–Crippen MR) is 75.8 cm³/mol. The SMILES string of the molecule is CC1CN(C(=O)c2cnsn2)c2ccccc2NC1=O. The molecule has 3 rings (SSSR count).